The molecule has 26 heavy (non-hydrogen) atoms. The number of ether oxygens (including phenoxy) is 1. The summed E-state index contributed by atoms with van der Waals surface area (Å²) in [7, 11) is 0.113. The topological polar surface area (TPSA) is 111 Å². The Morgan fingerprint density at radius 3 is 2.62 bits per heavy atom. The largest absolute Gasteiger partial charge is 0.475 e. The van der Waals surface area contributed by atoms with Crippen LogP contribution in [0.3, 0.4) is 0 Å². The summed E-state index contributed by atoms with van der Waals surface area (Å²) in [5.41, 5.74) is 2.74. The van der Waals surface area contributed by atoms with Crippen LogP contribution in [0.15, 0.2) is 47.8 Å². The lowest BCUT2D eigenvalue weighted by Gasteiger charge is -2.10. The standard InChI is InChI=1S/C17H19N5O3S/c1-22(2)5-6-25-17-11-20-15-4-3-12(8-16(15)21-17)13-7-14(10-19-9-13)26(18,23)24/h3-4,7-11H,5-6H2,1-2H3,(H2,18,23,24). The molecule has 8 nitrogen and oxygen atoms in total. The third-order valence-electron chi connectivity index (χ3n) is 3.68. The maximum atomic E-state index is 11.5. The summed E-state index contributed by atoms with van der Waals surface area (Å²) < 4.78 is 28.6. The number of sulfonamides is 1. The highest BCUT2D eigenvalue weighted by Crippen LogP contribution is 2.24. The van der Waals surface area contributed by atoms with Gasteiger partial charge in [0, 0.05) is 24.5 Å². The quantitative estimate of drug-likeness (QED) is 0.693. The maximum absolute atomic E-state index is 11.5. The van der Waals surface area contributed by atoms with E-state index < -0.39 is 10.0 Å². The number of nitrogens with zero attached hydrogens (tertiary/aromatic N) is 4. The molecule has 1 aromatic carbocycles. The zero-order valence-electron chi connectivity index (χ0n) is 14.5. The third kappa shape index (κ3) is 4.31. The van der Waals surface area contributed by atoms with Crippen LogP contribution in [-0.4, -0.2) is 55.5 Å². The second-order valence-electron chi connectivity index (χ2n) is 6.02. The molecule has 2 N–H and O–H groups in total. The van der Waals surface area contributed by atoms with Crippen LogP contribution in [0.25, 0.3) is 22.2 Å². The number of likely N-dealkylation sites (N-methyl/N-ethyl adjacent to an activating group) is 1. The molecule has 0 aliphatic rings. The highest BCUT2D eigenvalue weighted by molar-refractivity contribution is 7.89. The molecule has 0 bridgehead atoms. The van der Waals surface area contributed by atoms with Crippen LogP contribution >= 0.6 is 0 Å². The molecule has 136 valence electrons. The average molecular weight is 373 g/mol. The molecule has 0 atom stereocenters. The molecule has 2 heterocycles. The molecule has 3 rings (SSSR count). The van der Waals surface area contributed by atoms with Crippen molar-refractivity contribution < 1.29 is 13.2 Å². The summed E-state index contributed by atoms with van der Waals surface area (Å²) in [5, 5.41) is 5.17. The van der Waals surface area contributed by atoms with Gasteiger partial charge in [-0.1, -0.05) is 6.07 Å². The number of hydrogen-bond donors (Lipinski definition) is 1. The third-order valence-corrected chi connectivity index (χ3v) is 4.56. The smallest absolute Gasteiger partial charge is 0.239 e. The Bertz CT molecular complexity index is 1040. The van der Waals surface area contributed by atoms with Crippen molar-refractivity contribution in [1.82, 2.24) is 19.9 Å². The van der Waals surface area contributed by atoms with E-state index in [1.807, 2.05) is 37.2 Å². The Balaban J connectivity index is 1.93. The average Bonchev–Trinajstić information content (AvgIpc) is 2.60. The summed E-state index contributed by atoms with van der Waals surface area (Å²) in [5.74, 6) is 0.438. The number of benzene rings is 1. The molecule has 0 fully saturated rings. The zero-order valence-corrected chi connectivity index (χ0v) is 15.3. The van der Waals surface area contributed by atoms with Crippen molar-refractivity contribution in [2.24, 2.45) is 5.14 Å². The second kappa shape index (κ2) is 7.32. The van der Waals surface area contributed by atoms with Crippen molar-refractivity contribution in [2.45, 2.75) is 4.90 Å². The van der Waals surface area contributed by atoms with Crippen LogP contribution in [0.5, 0.6) is 5.88 Å². The van der Waals surface area contributed by atoms with Crippen LogP contribution < -0.4 is 9.88 Å². The first-order valence-corrected chi connectivity index (χ1v) is 9.40. The van der Waals surface area contributed by atoms with Gasteiger partial charge >= 0.3 is 0 Å². The molecule has 0 aliphatic carbocycles. The molecular formula is C17H19N5O3S. The molecule has 2 aromatic heterocycles. The monoisotopic (exact) mass is 373 g/mol. The van der Waals surface area contributed by atoms with E-state index in [0.717, 1.165) is 12.1 Å². The number of nitrogens with two attached hydrogens (primary N) is 1. The molecule has 0 unspecified atom stereocenters. The van der Waals surface area contributed by atoms with Gasteiger partial charge < -0.3 is 9.64 Å². The van der Waals surface area contributed by atoms with Crippen molar-refractivity contribution in [2.75, 3.05) is 27.2 Å². The number of rotatable bonds is 6. The molecule has 0 spiro atoms. The molecule has 0 aliphatic heterocycles. The van der Waals surface area contributed by atoms with Gasteiger partial charge in [0.25, 0.3) is 0 Å². The van der Waals surface area contributed by atoms with Crippen LogP contribution in [-0.2, 0) is 10.0 Å². The predicted molar refractivity (Wildman–Crippen MR) is 98.2 cm³/mol. The van der Waals surface area contributed by atoms with E-state index in [0.29, 0.717) is 29.1 Å². The minimum absolute atomic E-state index is 0.0399. The van der Waals surface area contributed by atoms with Crippen molar-refractivity contribution in [3.05, 3.63) is 42.9 Å². The fourth-order valence-electron chi connectivity index (χ4n) is 2.31. The fourth-order valence-corrected chi connectivity index (χ4v) is 2.81. The minimum atomic E-state index is -3.81. The summed E-state index contributed by atoms with van der Waals surface area (Å²) in [6.07, 6.45) is 4.37. The SMILES string of the molecule is CN(C)CCOc1cnc2ccc(-c3cncc(S(N)(=O)=O)c3)cc2n1. The van der Waals surface area contributed by atoms with Crippen molar-refractivity contribution in [1.29, 1.82) is 0 Å². The van der Waals surface area contributed by atoms with E-state index in [4.69, 9.17) is 9.88 Å². The Hall–Kier alpha value is -2.62. The van der Waals surface area contributed by atoms with Crippen LogP contribution in [0, 0.1) is 0 Å². The van der Waals surface area contributed by atoms with Gasteiger partial charge in [0.2, 0.25) is 15.9 Å². The Labute approximate surface area is 151 Å². The van der Waals surface area contributed by atoms with Gasteiger partial charge in [-0.15, -0.1) is 0 Å². The van der Waals surface area contributed by atoms with Crippen LogP contribution in [0.2, 0.25) is 0 Å². The number of primary sulfonamides is 1. The van der Waals surface area contributed by atoms with Gasteiger partial charge in [0.1, 0.15) is 11.5 Å². The van der Waals surface area contributed by atoms with Gasteiger partial charge in [0.15, 0.2) is 0 Å². The summed E-state index contributed by atoms with van der Waals surface area (Å²) in [6, 6.07) is 6.93. The first-order chi connectivity index (χ1) is 12.3. The first kappa shape index (κ1) is 18.2. The van der Waals surface area contributed by atoms with E-state index in [9.17, 15) is 8.42 Å². The normalized spacial score (nSPS) is 11.8. The molecule has 3 aromatic rings. The van der Waals surface area contributed by atoms with Gasteiger partial charge in [-0.25, -0.2) is 23.5 Å². The molecule has 0 radical (unpaired) electrons. The summed E-state index contributed by atoms with van der Waals surface area (Å²) in [4.78, 5) is 14.7. The minimum Gasteiger partial charge on any atom is -0.475 e. The lowest BCUT2D eigenvalue weighted by atomic mass is 10.1. The van der Waals surface area contributed by atoms with Crippen molar-refractivity contribution >= 4 is 21.1 Å². The predicted octanol–water partition coefficient (Wildman–Crippen LogP) is 1.28. The first-order valence-electron chi connectivity index (χ1n) is 7.85. The summed E-state index contributed by atoms with van der Waals surface area (Å²) in [6.45, 7) is 1.28. The Morgan fingerprint density at radius 1 is 1.08 bits per heavy atom. The summed E-state index contributed by atoms with van der Waals surface area (Å²) >= 11 is 0. The van der Waals surface area contributed by atoms with E-state index in [1.54, 1.807) is 12.4 Å². The van der Waals surface area contributed by atoms with Crippen LogP contribution in [0.1, 0.15) is 0 Å². The molecule has 0 amide bonds. The molecule has 0 saturated carbocycles. The van der Waals surface area contributed by atoms with E-state index in [-0.39, 0.29) is 4.90 Å². The van der Waals surface area contributed by atoms with Gasteiger partial charge in [-0.05, 0) is 37.9 Å². The van der Waals surface area contributed by atoms with Crippen molar-refractivity contribution in [3.63, 3.8) is 0 Å². The van der Waals surface area contributed by atoms with Crippen molar-refractivity contribution in [3.8, 4) is 17.0 Å². The lowest BCUT2D eigenvalue weighted by molar-refractivity contribution is 0.254. The number of fused-ring (bicyclic) bond motifs is 1. The van der Waals surface area contributed by atoms with Gasteiger partial charge in [-0.3, -0.25) is 4.98 Å². The van der Waals surface area contributed by atoms with E-state index >= 15 is 0 Å². The fraction of sp³-hybridized carbons (Fsp3) is 0.235. The number of pyridine rings is 1. The van der Waals surface area contributed by atoms with Gasteiger partial charge in [-0.2, -0.15) is 0 Å². The molecular weight excluding hydrogens is 354 g/mol. The molecule has 9 heteroatoms. The number of aromatic nitrogens is 3. The highest BCUT2D eigenvalue weighted by atomic mass is 32.2. The van der Waals surface area contributed by atoms with Crippen LogP contribution in [0.4, 0.5) is 0 Å². The Kier molecular flexibility index (Phi) is 5.12. The number of hydrogen-bond acceptors (Lipinski definition) is 7. The highest BCUT2D eigenvalue weighted by Gasteiger charge is 2.11. The molecule has 0 saturated heterocycles. The van der Waals surface area contributed by atoms with E-state index in [2.05, 4.69) is 15.0 Å². The maximum Gasteiger partial charge on any atom is 0.239 e. The second-order valence-corrected chi connectivity index (χ2v) is 7.58. The van der Waals surface area contributed by atoms with Gasteiger partial charge in [0.05, 0.1) is 17.2 Å². The lowest BCUT2D eigenvalue weighted by Crippen LogP contribution is -2.19. The zero-order chi connectivity index (χ0) is 18.7. The Morgan fingerprint density at radius 2 is 1.88 bits per heavy atom. The van der Waals surface area contributed by atoms with E-state index in [1.165, 1.54) is 12.3 Å².